The molecule has 0 radical (unpaired) electrons. The van der Waals surface area contributed by atoms with E-state index in [1.165, 1.54) is 0 Å². The molecule has 0 spiro atoms. The first-order valence-electron chi connectivity index (χ1n) is 6.48. The molecule has 0 atom stereocenters. The number of aromatic nitrogens is 2. The zero-order valence-electron chi connectivity index (χ0n) is 12.4. The largest absolute Gasteiger partial charge is 0.382 e. The van der Waals surface area contributed by atoms with Crippen molar-refractivity contribution < 1.29 is 4.39 Å². The Bertz CT molecular complexity index is 790. The standard InChI is InChI=1S/C15H15BrFN5/c1-15(2,3)7-4-8(11(17)10(16)5-7)12-9(6-18)13(19)22-14(20)21-12/h4-5H,1-3H3,(H4,19,20,21,22). The molecule has 0 unspecified atom stereocenters. The van der Waals surface area contributed by atoms with Crippen LogP contribution in [0.5, 0.6) is 0 Å². The molecule has 0 amide bonds. The fraction of sp³-hybridized carbons (Fsp3) is 0.267. The topological polar surface area (TPSA) is 102 Å². The molecule has 5 nitrogen and oxygen atoms in total. The number of anilines is 2. The van der Waals surface area contributed by atoms with Gasteiger partial charge in [0.2, 0.25) is 5.95 Å². The second kappa shape index (κ2) is 5.54. The van der Waals surface area contributed by atoms with Crippen LogP contribution in [-0.2, 0) is 5.41 Å². The van der Waals surface area contributed by atoms with Crippen LogP contribution in [-0.4, -0.2) is 9.97 Å². The summed E-state index contributed by atoms with van der Waals surface area (Å²) in [6.45, 7) is 6.01. The van der Waals surface area contributed by atoms with E-state index in [0.717, 1.165) is 5.56 Å². The lowest BCUT2D eigenvalue weighted by molar-refractivity contribution is 0.581. The molecule has 0 aliphatic heterocycles. The number of rotatable bonds is 1. The second-order valence-electron chi connectivity index (χ2n) is 5.87. The number of nitrogen functional groups attached to an aromatic ring is 2. The smallest absolute Gasteiger partial charge is 0.222 e. The molecule has 2 aromatic rings. The maximum absolute atomic E-state index is 14.5. The molecular weight excluding hydrogens is 349 g/mol. The Hall–Kier alpha value is -2.20. The van der Waals surface area contributed by atoms with Gasteiger partial charge in [0.25, 0.3) is 0 Å². The Morgan fingerprint density at radius 1 is 1.23 bits per heavy atom. The molecule has 2 rings (SSSR count). The number of nitrogens with two attached hydrogens (primary N) is 2. The number of benzene rings is 1. The lowest BCUT2D eigenvalue weighted by Gasteiger charge is -2.21. The fourth-order valence-electron chi connectivity index (χ4n) is 2.00. The third-order valence-electron chi connectivity index (χ3n) is 3.22. The predicted octanol–water partition coefficient (Wildman–Crippen LogP) is 3.38. The van der Waals surface area contributed by atoms with Gasteiger partial charge in [-0.2, -0.15) is 10.2 Å². The van der Waals surface area contributed by atoms with Crippen molar-refractivity contribution in [3.05, 3.63) is 33.5 Å². The van der Waals surface area contributed by atoms with Crippen molar-refractivity contribution in [2.75, 3.05) is 11.5 Å². The molecule has 0 saturated heterocycles. The van der Waals surface area contributed by atoms with E-state index < -0.39 is 5.82 Å². The maximum Gasteiger partial charge on any atom is 0.222 e. The Morgan fingerprint density at radius 2 is 1.86 bits per heavy atom. The number of hydrogen-bond donors (Lipinski definition) is 2. The molecule has 4 N–H and O–H groups in total. The van der Waals surface area contributed by atoms with Gasteiger partial charge in [0.15, 0.2) is 0 Å². The molecule has 0 aliphatic carbocycles. The molecule has 22 heavy (non-hydrogen) atoms. The first-order valence-corrected chi connectivity index (χ1v) is 7.27. The van der Waals surface area contributed by atoms with Gasteiger partial charge < -0.3 is 11.5 Å². The van der Waals surface area contributed by atoms with Crippen LogP contribution >= 0.6 is 15.9 Å². The first kappa shape index (κ1) is 16.2. The summed E-state index contributed by atoms with van der Waals surface area (Å²) in [5, 5.41) is 9.26. The van der Waals surface area contributed by atoms with Crippen molar-refractivity contribution in [2.24, 2.45) is 0 Å². The molecule has 7 heteroatoms. The highest BCUT2D eigenvalue weighted by Gasteiger charge is 2.22. The van der Waals surface area contributed by atoms with Gasteiger partial charge in [-0.3, -0.25) is 0 Å². The van der Waals surface area contributed by atoms with Crippen LogP contribution in [0.15, 0.2) is 16.6 Å². The number of hydrogen-bond acceptors (Lipinski definition) is 5. The van der Waals surface area contributed by atoms with Gasteiger partial charge in [-0.1, -0.05) is 20.8 Å². The van der Waals surface area contributed by atoms with Crippen molar-refractivity contribution in [3.8, 4) is 17.3 Å². The van der Waals surface area contributed by atoms with Crippen LogP contribution in [0, 0.1) is 17.1 Å². The van der Waals surface area contributed by atoms with Crippen LogP contribution in [0.2, 0.25) is 0 Å². The molecule has 0 fully saturated rings. The van der Waals surface area contributed by atoms with E-state index in [0.29, 0.717) is 0 Å². The van der Waals surface area contributed by atoms with Crippen molar-refractivity contribution in [1.82, 2.24) is 9.97 Å². The van der Waals surface area contributed by atoms with E-state index in [9.17, 15) is 9.65 Å². The predicted molar refractivity (Wildman–Crippen MR) is 87.4 cm³/mol. The van der Waals surface area contributed by atoms with Crippen molar-refractivity contribution >= 4 is 27.7 Å². The SMILES string of the molecule is CC(C)(C)c1cc(Br)c(F)c(-c2nc(N)nc(N)c2C#N)c1. The van der Waals surface area contributed by atoms with E-state index in [4.69, 9.17) is 11.5 Å². The van der Waals surface area contributed by atoms with Crippen LogP contribution < -0.4 is 11.5 Å². The third kappa shape index (κ3) is 2.88. The van der Waals surface area contributed by atoms with Crippen LogP contribution in [0.3, 0.4) is 0 Å². The molecule has 0 saturated carbocycles. The van der Waals surface area contributed by atoms with Crippen LogP contribution in [0.25, 0.3) is 11.3 Å². The van der Waals surface area contributed by atoms with Crippen molar-refractivity contribution in [3.63, 3.8) is 0 Å². The fourth-order valence-corrected chi connectivity index (χ4v) is 2.46. The quantitative estimate of drug-likeness (QED) is 0.808. The summed E-state index contributed by atoms with van der Waals surface area (Å²) in [4.78, 5) is 7.75. The summed E-state index contributed by atoms with van der Waals surface area (Å²) in [6, 6.07) is 5.27. The van der Waals surface area contributed by atoms with E-state index >= 15 is 0 Å². The van der Waals surface area contributed by atoms with Gasteiger partial charge in [-0.25, -0.2) is 9.37 Å². The van der Waals surface area contributed by atoms with E-state index in [1.54, 1.807) is 12.1 Å². The molecule has 1 aromatic carbocycles. The Balaban J connectivity index is 2.84. The summed E-state index contributed by atoms with van der Waals surface area (Å²) < 4.78 is 14.8. The lowest BCUT2D eigenvalue weighted by Crippen LogP contribution is -2.12. The Morgan fingerprint density at radius 3 is 2.41 bits per heavy atom. The molecular formula is C15H15BrFN5. The maximum atomic E-state index is 14.5. The van der Waals surface area contributed by atoms with Gasteiger partial charge in [-0.15, -0.1) is 0 Å². The van der Waals surface area contributed by atoms with E-state index in [-0.39, 0.29) is 38.5 Å². The average molecular weight is 364 g/mol. The second-order valence-corrected chi connectivity index (χ2v) is 6.73. The van der Waals surface area contributed by atoms with Gasteiger partial charge in [-0.05, 0) is 39.0 Å². The average Bonchev–Trinajstić information content (AvgIpc) is 2.39. The van der Waals surface area contributed by atoms with Gasteiger partial charge >= 0.3 is 0 Å². The molecule has 0 aliphatic rings. The monoisotopic (exact) mass is 363 g/mol. The normalized spacial score (nSPS) is 11.3. The molecule has 0 bridgehead atoms. The highest BCUT2D eigenvalue weighted by molar-refractivity contribution is 9.10. The number of nitrogens with zero attached hydrogens (tertiary/aromatic N) is 3. The summed E-state index contributed by atoms with van der Waals surface area (Å²) in [7, 11) is 0. The summed E-state index contributed by atoms with van der Waals surface area (Å²) in [6.07, 6.45) is 0. The van der Waals surface area contributed by atoms with Gasteiger partial charge in [0.1, 0.15) is 23.3 Å². The first-order chi connectivity index (χ1) is 10.1. The molecule has 114 valence electrons. The minimum absolute atomic E-state index is 0.00561. The third-order valence-corrected chi connectivity index (χ3v) is 3.79. The lowest BCUT2D eigenvalue weighted by atomic mass is 9.85. The number of halogens is 2. The van der Waals surface area contributed by atoms with Crippen molar-refractivity contribution in [1.29, 1.82) is 5.26 Å². The highest BCUT2D eigenvalue weighted by atomic mass is 79.9. The molecule has 1 aromatic heterocycles. The van der Waals surface area contributed by atoms with Crippen molar-refractivity contribution in [2.45, 2.75) is 26.2 Å². The summed E-state index contributed by atoms with van der Waals surface area (Å²) >= 11 is 3.21. The van der Waals surface area contributed by atoms with Crippen LogP contribution in [0.4, 0.5) is 16.2 Å². The summed E-state index contributed by atoms with van der Waals surface area (Å²) in [5.41, 5.74) is 12.2. The van der Waals surface area contributed by atoms with Gasteiger partial charge in [0.05, 0.1) is 10.2 Å². The van der Waals surface area contributed by atoms with E-state index in [1.807, 2.05) is 26.8 Å². The van der Waals surface area contributed by atoms with E-state index in [2.05, 4.69) is 25.9 Å². The zero-order chi connectivity index (χ0) is 16.7. The van der Waals surface area contributed by atoms with Crippen LogP contribution in [0.1, 0.15) is 31.9 Å². The molecule has 1 heterocycles. The Kier molecular flexibility index (Phi) is 4.07. The van der Waals surface area contributed by atoms with Gasteiger partial charge in [0, 0.05) is 5.56 Å². The minimum atomic E-state index is -0.526. The zero-order valence-corrected chi connectivity index (χ0v) is 14.0. The Labute approximate surface area is 136 Å². The number of nitriles is 1. The minimum Gasteiger partial charge on any atom is -0.382 e. The summed E-state index contributed by atoms with van der Waals surface area (Å²) in [5.74, 6) is -0.702. The highest BCUT2D eigenvalue weighted by Crippen LogP contribution is 2.35.